The Balaban J connectivity index is 2.97. The second-order valence-electron chi connectivity index (χ2n) is 3.29. The molecule has 1 aromatic heterocycles. The molecule has 0 amide bonds. The maximum atomic E-state index is 4.01. The highest BCUT2D eigenvalue weighted by Crippen LogP contribution is 2.17. The van der Waals surface area contributed by atoms with Gasteiger partial charge in [0.25, 0.3) is 0 Å². The SMILES string of the molecule is CC(C)(C)c1ccn[c]n1. The molecule has 0 atom stereocenters. The van der Waals surface area contributed by atoms with Gasteiger partial charge in [-0.2, -0.15) is 0 Å². The lowest BCUT2D eigenvalue weighted by atomic mass is 9.92. The van der Waals surface area contributed by atoms with E-state index in [-0.39, 0.29) is 5.41 Å². The summed E-state index contributed by atoms with van der Waals surface area (Å²) < 4.78 is 0. The molecule has 0 unspecified atom stereocenters. The third-order valence-electron chi connectivity index (χ3n) is 1.30. The van der Waals surface area contributed by atoms with Gasteiger partial charge >= 0.3 is 0 Å². The highest BCUT2D eigenvalue weighted by molar-refractivity contribution is 5.08. The van der Waals surface area contributed by atoms with E-state index in [1.54, 1.807) is 6.20 Å². The third kappa shape index (κ3) is 1.53. The normalized spacial score (nSPS) is 11.5. The summed E-state index contributed by atoms with van der Waals surface area (Å²) >= 11 is 0. The monoisotopic (exact) mass is 135 g/mol. The van der Waals surface area contributed by atoms with Crippen molar-refractivity contribution in [2.45, 2.75) is 26.2 Å². The summed E-state index contributed by atoms with van der Waals surface area (Å²) in [7, 11) is 0. The first-order valence-electron chi connectivity index (χ1n) is 3.30. The van der Waals surface area contributed by atoms with Crippen LogP contribution in [0.1, 0.15) is 26.5 Å². The molecule has 0 saturated heterocycles. The largest absolute Gasteiger partial charge is 0.234 e. The average molecular weight is 135 g/mol. The summed E-state index contributed by atoms with van der Waals surface area (Å²) in [6.45, 7) is 6.34. The molecule has 2 nitrogen and oxygen atoms in total. The van der Waals surface area contributed by atoms with E-state index in [1.165, 1.54) is 0 Å². The van der Waals surface area contributed by atoms with Crippen LogP contribution >= 0.6 is 0 Å². The second kappa shape index (κ2) is 2.37. The molecule has 0 aliphatic rings. The zero-order valence-corrected chi connectivity index (χ0v) is 6.55. The summed E-state index contributed by atoms with van der Waals surface area (Å²) in [5.74, 6) is 0. The molecular weight excluding hydrogens is 124 g/mol. The molecule has 2 heteroatoms. The smallest absolute Gasteiger partial charge is 0.197 e. The summed E-state index contributed by atoms with van der Waals surface area (Å²) in [6, 6.07) is 1.91. The Kier molecular flexibility index (Phi) is 1.70. The molecule has 0 aliphatic heterocycles. The first-order chi connectivity index (χ1) is 4.61. The summed E-state index contributed by atoms with van der Waals surface area (Å²) in [5, 5.41) is 0. The van der Waals surface area contributed by atoms with Gasteiger partial charge in [0.05, 0.1) is 0 Å². The number of nitrogens with zero attached hydrogens (tertiary/aromatic N) is 2. The van der Waals surface area contributed by atoms with Crippen molar-refractivity contribution in [3.8, 4) is 0 Å². The molecule has 1 radical (unpaired) electrons. The minimum atomic E-state index is 0.111. The van der Waals surface area contributed by atoms with Gasteiger partial charge in [-0.25, -0.2) is 9.97 Å². The van der Waals surface area contributed by atoms with Crippen LogP contribution in [0.2, 0.25) is 0 Å². The van der Waals surface area contributed by atoms with E-state index >= 15 is 0 Å². The maximum Gasteiger partial charge on any atom is 0.197 e. The van der Waals surface area contributed by atoms with E-state index in [9.17, 15) is 0 Å². The number of aromatic nitrogens is 2. The van der Waals surface area contributed by atoms with Crippen LogP contribution in [-0.2, 0) is 5.41 Å². The quantitative estimate of drug-likeness (QED) is 0.539. The van der Waals surface area contributed by atoms with Crippen molar-refractivity contribution in [2.24, 2.45) is 0 Å². The van der Waals surface area contributed by atoms with Gasteiger partial charge in [0.1, 0.15) is 0 Å². The van der Waals surface area contributed by atoms with Gasteiger partial charge < -0.3 is 0 Å². The van der Waals surface area contributed by atoms with Crippen molar-refractivity contribution in [3.63, 3.8) is 0 Å². The van der Waals surface area contributed by atoms with Crippen LogP contribution in [0.3, 0.4) is 0 Å². The zero-order chi connectivity index (χ0) is 7.61. The minimum absolute atomic E-state index is 0.111. The first-order valence-corrected chi connectivity index (χ1v) is 3.30. The molecule has 0 aliphatic carbocycles. The van der Waals surface area contributed by atoms with Gasteiger partial charge in [-0.15, -0.1) is 0 Å². The fourth-order valence-electron chi connectivity index (χ4n) is 0.679. The fourth-order valence-corrected chi connectivity index (χ4v) is 0.679. The minimum Gasteiger partial charge on any atom is -0.234 e. The van der Waals surface area contributed by atoms with E-state index in [0.717, 1.165) is 5.69 Å². The van der Waals surface area contributed by atoms with Crippen molar-refractivity contribution in [1.29, 1.82) is 0 Å². The van der Waals surface area contributed by atoms with Gasteiger partial charge in [-0.3, -0.25) is 0 Å². The van der Waals surface area contributed by atoms with Crippen LogP contribution in [0.5, 0.6) is 0 Å². The Morgan fingerprint density at radius 2 is 2.10 bits per heavy atom. The van der Waals surface area contributed by atoms with Gasteiger partial charge in [-0.05, 0) is 6.07 Å². The van der Waals surface area contributed by atoms with Crippen molar-refractivity contribution in [1.82, 2.24) is 9.97 Å². The molecule has 0 bridgehead atoms. The van der Waals surface area contributed by atoms with Crippen LogP contribution in [0, 0.1) is 6.33 Å². The molecule has 1 rings (SSSR count). The van der Waals surface area contributed by atoms with Gasteiger partial charge in [-0.1, -0.05) is 20.8 Å². The van der Waals surface area contributed by atoms with Crippen LogP contribution < -0.4 is 0 Å². The average Bonchev–Trinajstić information content (AvgIpc) is 1.88. The molecule has 1 aromatic rings. The van der Waals surface area contributed by atoms with Crippen molar-refractivity contribution >= 4 is 0 Å². The summed E-state index contributed by atoms with van der Waals surface area (Å²) in [4.78, 5) is 7.74. The standard InChI is InChI=1S/C8H11N2/c1-8(2,3)7-4-5-9-6-10-7/h4-5H,1-3H3. The third-order valence-corrected chi connectivity index (χ3v) is 1.30. The molecule has 0 spiro atoms. The fraction of sp³-hybridized carbons (Fsp3) is 0.500. The molecule has 0 fully saturated rings. The Bertz CT molecular complexity index is 198. The van der Waals surface area contributed by atoms with Crippen LogP contribution in [0.4, 0.5) is 0 Å². The summed E-state index contributed by atoms with van der Waals surface area (Å²) in [5.41, 5.74) is 1.14. The highest BCUT2D eigenvalue weighted by Gasteiger charge is 2.13. The lowest BCUT2D eigenvalue weighted by Crippen LogP contribution is -2.13. The van der Waals surface area contributed by atoms with E-state index in [1.807, 2.05) is 6.07 Å². The molecule has 0 saturated carbocycles. The number of hydrogen-bond acceptors (Lipinski definition) is 2. The van der Waals surface area contributed by atoms with Gasteiger partial charge in [0.2, 0.25) is 0 Å². The molecular formula is C8H11N2. The Hall–Kier alpha value is -0.920. The molecule has 10 heavy (non-hydrogen) atoms. The Labute approximate surface area is 61.3 Å². The van der Waals surface area contributed by atoms with Gasteiger partial charge in [0.15, 0.2) is 6.33 Å². The summed E-state index contributed by atoms with van der Waals surface area (Å²) in [6.07, 6.45) is 4.28. The molecule has 53 valence electrons. The van der Waals surface area contributed by atoms with Crippen molar-refractivity contribution in [3.05, 3.63) is 24.3 Å². The maximum absolute atomic E-state index is 4.01. The predicted octanol–water partition coefficient (Wildman–Crippen LogP) is 1.57. The Morgan fingerprint density at radius 1 is 1.40 bits per heavy atom. The van der Waals surface area contributed by atoms with Crippen LogP contribution in [-0.4, -0.2) is 9.97 Å². The second-order valence-corrected chi connectivity index (χ2v) is 3.29. The predicted molar refractivity (Wildman–Crippen MR) is 39.6 cm³/mol. The highest BCUT2D eigenvalue weighted by atomic mass is 14.8. The van der Waals surface area contributed by atoms with E-state index in [4.69, 9.17) is 0 Å². The van der Waals surface area contributed by atoms with Crippen molar-refractivity contribution < 1.29 is 0 Å². The van der Waals surface area contributed by atoms with Gasteiger partial charge in [0, 0.05) is 17.3 Å². The van der Waals surface area contributed by atoms with E-state index in [2.05, 4.69) is 37.1 Å². The number of rotatable bonds is 0. The Morgan fingerprint density at radius 3 is 2.40 bits per heavy atom. The lowest BCUT2D eigenvalue weighted by Gasteiger charge is -2.15. The lowest BCUT2D eigenvalue weighted by molar-refractivity contribution is 0.566. The zero-order valence-electron chi connectivity index (χ0n) is 6.55. The molecule has 0 aromatic carbocycles. The van der Waals surface area contributed by atoms with E-state index < -0.39 is 0 Å². The molecule has 0 N–H and O–H groups in total. The first kappa shape index (κ1) is 7.19. The van der Waals surface area contributed by atoms with Crippen LogP contribution in [0.25, 0.3) is 0 Å². The molecule has 1 heterocycles. The van der Waals surface area contributed by atoms with E-state index in [0.29, 0.717) is 0 Å². The topological polar surface area (TPSA) is 25.8 Å². The van der Waals surface area contributed by atoms with Crippen LogP contribution in [0.15, 0.2) is 12.3 Å². The van der Waals surface area contributed by atoms with Crippen molar-refractivity contribution in [2.75, 3.05) is 0 Å². The number of hydrogen-bond donors (Lipinski definition) is 0.